The molecule has 0 amide bonds. The number of halogens is 3. The van der Waals surface area contributed by atoms with Crippen molar-refractivity contribution in [3.63, 3.8) is 0 Å². The van der Waals surface area contributed by atoms with Gasteiger partial charge in [-0.3, -0.25) is 0 Å². The van der Waals surface area contributed by atoms with E-state index in [1.54, 1.807) is 6.07 Å². The highest BCUT2D eigenvalue weighted by Gasteiger charge is 2.09. The summed E-state index contributed by atoms with van der Waals surface area (Å²) in [6.45, 7) is 0.258. The fourth-order valence-electron chi connectivity index (χ4n) is 2.72. The maximum atomic E-state index is 13.7. The third-order valence-electron chi connectivity index (χ3n) is 3.93. The van der Waals surface area contributed by atoms with Crippen LogP contribution in [-0.2, 0) is 6.54 Å². The normalized spacial score (nSPS) is 11.3. The Bertz CT molecular complexity index is 1060. The molecule has 4 aromatic rings. The maximum absolute atomic E-state index is 13.7. The van der Waals surface area contributed by atoms with Crippen molar-refractivity contribution in [1.29, 1.82) is 0 Å². The van der Waals surface area contributed by atoms with Crippen LogP contribution in [0.15, 0.2) is 59.0 Å². The van der Waals surface area contributed by atoms with Gasteiger partial charge in [-0.15, -0.1) is 0 Å². The molecule has 120 valence electrons. The van der Waals surface area contributed by atoms with Crippen LogP contribution in [0.5, 0.6) is 0 Å². The van der Waals surface area contributed by atoms with Crippen molar-refractivity contribution in [1.82, 2.24) is 0 Å². The van der Waals surface area contributed by atoms with Crippen molar-refractivity contribution in [3.05, 3.63) is 76.8 Å². The Hall–Kier alpha value is -2.59. The van der Waals surface area contributed by atoms with Gasteiger partial charge < -0.3 is 9.73 Å². The minimum Gasteiger partial charge on any atom is -0.456 e. The molecule has 1 heterocycles. The van der Waals surface area contributed by atoms with Crippen LogP contribution in [-0.4, -0.2) is 0 Å². The topological polar surface area (TPSA) is 25.2 Å². The van der Waals surface area contributed by atoms with Gasteiger partial charge in [0, 0.05) is 39.7 Å². The first-order valence-corrected chi connectivity index (χ1v) is 7.77. The summed E-state index contributed by atoms with van der Waals surface area (Å²) >= 11 is 6.06. The molecule has 0 spiro atoms. The summed E-state index contributed by atoms with van der Waals surface area (Å²) < 4.78 is 32.4. The molecule has 5 heteroatoms. The molecule has 0 radical (unpaired) electrons. The first kappa shape index (κ1) is 15.0. The van der Waals surface area contributed by atoms with Crippen molar-refractivity contribution in [2.75, 3.05) is 5.32 Å². The van der Waals surface area contributed by atoms with Crippen LogP contribution in [0.2, 0.25) is 5.02 Å². The molecule has 24 heavy (non-hydrogen) atoms. The third kappa shape index (κ3) is 2.69. The van der Waals surface area contributed by atoms with Crippen molar-refractivity contribution in [2.45, 2.75) is 6.54 Å². The molecule has 0 aliphatic heterocycles. The lowest BCUT2D eigenvalue weighted by Gasteiger charge is -2.07. The highest BCUT2D eigenvalue weighted by Crippen LogP contribution is 2.32. The predicted molar refractivity (Wildman–Crippen MR) is 92.4 cm³/mol. The molecule has 0 aliphatic carbocycles. The summed E-state index contributed by atoms with van der Waals surface area (Å²) in [6, 6.07) is 14.7. The van der Waals surface area contributed by atoms with Crippen molar-refractivity contribution in [2.24, 2.45) is 0 Å². The Balaban J connectivity index is 1.67. The number of rotatable bonds is 3. The standard InChI is InChI=1S/C19H12ClF2NO/c20-12-2-5-18-15(7-12)16-9-14(4-6-19(16)24-18)23-10-11-1-3-13(21)8-17(11)22/h1-9,23H,10H2. The molecule has 1 aromatic heterocycles. The van der Waals surface area contributed by atoms with Gasteiger partial charge in [0.2, 0.25) is 0 Å². The number of fused-ring (bicyclic) bond motifs is 3. The Morgan fingerprint density at radius 3 is 2.42 bits per heavy atom. The molecule has 2 nitrogen and oxygen atoms in total. The fraction of sp³-hybridized carbons (Fsp3) is 0.0526. The highest BCUT2D eigenvalue weighted by molar-refractivity contribution is 6.31. The van der Waals surface area contributed by atoms with E-state index in [-0.39, 0.29) is 6.54 Å². The molecular formula is C19H12ClF2NO. The molecule has 3 aromatic carbocycles. The third-order valence-corrected chi connectivity index (χ3v) is 4.16. The zero-order valence-electron chi connectivity index (χ0n) is 12.4. The lowest BCUT2D eigenvalue weighted by molar-refractivity contribution is 0.574. The first-order chi connectivity index (χ1) is 11.6. The van der Waals surface area contributed by atoms with E-state index in [1.165, 1.54) is 12.1 Å². The van der Waals surface area contributed by atoms with E-state index in [4.69, 9.17) is 16.0 Å². The minimum atomic E-state index is -0.584. The number of hydrogen-bond acceptors (Lipinski definition) is 2. The van der Waals surface area contributed by atoms with Crippen molar-refractivity contribution in [3.8, 4) is 0 Å². The maximum Gasteiger partial charge on any atom is 0.135 e. The largest absolute Gasteiger partial charge is 0.456 e. The second-order valence-electron chi connectivity index (χ2n) is 5.54. The summed E-state index contributed by atoms with van der Waals surface area (Å²) in [4.78, 5) is 0. The Kier molecular flexibility index (Phi) is 3.62. The second kappa shape index (κ2) is 5.80. The zero-order valence-corrected chi connectivity index (χ0v) is 13.2. The predicted octanol–water partition coefficient (Wildman–Crippen LogP) is 6.13. The average molecular weight is 344 g/mol. The number of hydrogen-bond donors (Lipinski definition) is 1. The van der Waals surface area contributed by atoms with E-state index in [0.29, 0.717) is 10.6 Å². The Labute approximate surface area is 141 Å². The molecule has 0 saturated heterocycles. The Morgan fingerprint density at radius 1 is 0.875 bits per heavy atom. The van der Waals surface area contributed by atoms with Gasteiger partial charge in [0.05, 0.1) is 0 Å². The molecule has 0 saturated carbocycles. The highest BCUT2D eigenvalue weighted by atomic mass is 35.5. The van der Waals surface area contributed by atoms with Gasteiger partial charge in [-0.1, -0.05) is 17.7 Å². The van der Waals surface area contributed by atoms with Gasteiger partial charge in [0.1, 0.15) is 22.8 Å². The van der Waals surface area contributed by atoms with Crippen LogP contribution in [0.25, 0.3) is 21.9 Å². The molecular weight excluding hydrogens is 332 g/mol. The summed E-state index contributed by atoms with van der Waals surface area (Å²) in [5, 5.41) is 5.63. The minimum absolute atomic E-state index is 0.258. The lowest BCUT2D eigenvalue weighted by atomic mass is 10.1. The van der Waals surface area contributed by atoms with Crippen molar-refractivity contribution >= 4 is 39.2 Å². The number of nitrogens with one attached hydrogen (secondary N) is 1. The number of benzene rings is 3. The number of anilines is 1. The average Bonchev–Trinajstić information content (AvgIpc) is 2.91. The van der Waals surface area contributed by atoms with Crippen LogP contribution < -0.4 is 5.32 Å². The van der Waals surface area contributed by atoms with Crippen LogP contribution >= 0.6 is 11.6 Å². The van der Waals surface area contributed by atoms with Gasteiger partial charge in [-0.05, 0) is 42.5 Å². The summed E-state index contributed by atoms with van der Waals surface area (Å²) in [5.41, 5.74) is 2.73. The van der Waals surface area contributed by atoms with Gasteiger partial charge in [-0.2, -0.15) is 0 Å². The van der Waals surface area contributed by atoms with Crippen molar-refractivity contribution < 1.29 is 13.2 Å². The first-order valence-electron chi connectivity index (χ1n) is 7.40. The van der Waals surface area contributed by atoms with E-state index in [2.05, 4.69) is 5.32 Å². The summed E-state index contributed by atoms with van der Waals surface area (Å²) in [5.74, 6) is -1.15. The lowest BCUT2D eigenvalue weighted by Crippen LogP contribution is -2.02. The van der Waals surface area contributed by atoms with Gasteiger partial charge in [0.15, 0.2) is 0 Å². The molecule has 0 atom stereocenters. The zero-order chi connectivity index (χ0) is 16.7. The fourth-order valence-corrected chi connectivity index (χ4v) is 2.89. The van der Waals surface area contributed by atoms with E-state index in [9.17, 15) is 8.78 Å². The van der Waals surface area contributed by atoms with E-state index < -0.39 is 11.6 Å². The molecule has 0 bridgehead atoms. The molecule has 1 N–H and O–H groups in total. The van der Waals surface area contributed by atoms with Crippen LogP contribution in [0.3, 0.4) is 0 Å². The monoisotopic (exact) mass is 343 g/mol. The van der Waals surface area contributed by atoms with Gasteiger partial charge in [-0.25, -0.2) is 8.78 Å². The SMILES string of the molecule is Fc1ccc(CNc2ccc3oc4ccc(Cl)cc4c3c2)c(F)c1. The second-order valence-corrected chi connectivity index (χ2v) is 5.98. The van der Waals surface area contributed by atoms with Gasteiger partial charge >= 0.3 is 0 Å². The van der Waals surface area contributed by atoms with Gasteiger partial charge in [0.25, 0.3) is 0 Å². The van der Waals surface area contributed by atoms with Crippen LogP contribution in [0, 0.1) is 11.6 Å². The number of furan rings is 1. The Morgan fingerprint density at radius 2 is 1.62 bits per heavy atom. The summed E-state index contributed by atoms with van der Waals surface area (Å²) in [6.07, 6.45) is 0. The molecule has 4 rings (SSSR count). The molecule has 0 unspecified atom stereocenters. The molecule has 0 fully saturated rings. The van der Waals surface area contributed by atoms with E-state index in [0.717, 1.165) is 33.7 Å². The van der Waals surface area contributed by atoms with Crippen LogP contribution in [0.4, 0.5) is 14.5 Å². The molecule has 0 aliphatic rings. The quantitative estimate of drug-likeness (QED) is 0.484. The smallest absolute Gasteiger partial charge is 0.135 e. The summed E-state index contributed by atoms with van der Waals surface area (Å²) in [7, 11) is 0. The van der Waals surface area contributed by atoms with E-state index >= 15 is 0 Å². The van der Waals surface area contributed by atoms with E-state index in [1.807, 2.05) is 30.3 Å². The van der Waals surface area contributed by atoms with Crippen LogP contribution in [0.1, 0.15) is 5.56 Å².